The van der Waals surface area contributed by atoms with Gasteiger partial charge in [0, 0.05) is 6.07 Å². The number of halogens is 1. The number of hydrogen-bond acceptors (Lipinski definition) is 3. The van der Waals surface area contributed by atoms with Crippen LogP contribution in [-0.2, 0) is 0 Å². The van der Waals surface area contributed by atoms with Gasteiger partial charge in [-0.25, -0.2) is 4.39 Å². The molecule has 104 valence electrons. The van der Waals surface area contributed by atoms with Crippen molar-refractivity contribution in [2.24, 2.45) is 0 Å². The van der Waals surface area contributed by atoms with Crippen molar-refractivity contribution in [2.45, 2.75) is 13.8 Å². The fourth-order valence-corrected chi connectivity index (χ4v) is 1.83. The number of aryl methyl sites for hydroxylation is 2. The van der Waals surface area contributed by atoms with Crippen LogP contribution in [0.1, 0.15) is 21.5 Å². The first-order chi connectivity index (χ1) is 9.55. The van der Waals surface area contributed by atoms with E-state index in [1.54, 1.807) is 18.2 Å². The third kappa shape index (κ3) is 2.79. The molecule has 0 heterocycles. The molecular formula is C16H15FO3. The Balaban J connectivity index is 2.36. The van der Waals surface area contributed by atoms with E-state index in [9.17, 15) is 9.18 Å². The van der Waals surface area contributed by atoms with Crippen LogP contribution in [0.2, 0.25) is 0 Å². The van der Waals surface area contributed by atoms with Crippen molar-refractivity contribution < 1.29 is 18.7 Å². The van der Waals surface area contributed by atoms with Gasteiger partial charge < -0.3 is 9.47 Å². The molecule has 4 heteroatoms. The van der Waals surface area contributed by atoms with Crippen LogP contribution in [0.5, 0.6) is 17.2 Å². The Morgan fingerprint density at radius 1 is 1.05 bits per heavy atom. The molecule has 2 rings (SSSR count). The minimum atomic E-state index is -0.513. The molecule has 0 aromatic heterocycles. The van der Waals surface area contributed by atoms with Gasteiger partial charge in [-0.05, 0) is 49.2 Å². The molecule has 0 unspecified atom stereocenters. The average Bonchev–Trinajstić information content (AvgIpc) is 2.43. The van der Waals surface area contributed by atoms with Gasteiger partial charge in [0.1, 0.15) is 11.5 Å². The van der Waals surface area contributed by atoms with Crippen LogP contribution in [0.4, 0.5) is 4.39 Å². The largest absolute Gasteiger partial charge is 0.494 e. The molecule has 3 nitrogen and oxygen atoms in total. The van der Waals surface area contributed by atoms with E-state index in [0.717, 1.165) is 17.4 Å². The van der Waals surface area contributed by atoms with E-state index >= 15 is 0 Å². The minimum absolute atomic E-state index is 0.146. The lowest BCUT2D eigenvalue weighted by Gasteiger charge is -2.11. The summed E-state index contributed by atoms with van der Waals surface area (Å²) in [5.41, 5.74) is 2.43. The van der Waals surface area contributed by atoms with E-state index in [1.807, 2.05) is 13.8 Å². The van der Waals surface area contributed by atoms with Crippen molar-refractivity contribution in [2.75, 3.05) is 7.11 Å². The molecule has 0 aliphatic heterocycles. The van der Waals surface area contributed by atoms with Gasteiger partial charge in [-0.15, -0.1) is 0 Å². The summed E-state index contributed by atoms with van der Waals surface area (Å²) in [6.45, 7) is 3.84. The summed E-state index contributed by atoms with van der Waals surface area (Å²) >= 11 is 0. The normalized spacial score (nSPS) is 10.2. The second-order valence-corrected chi connectivity index (χ2v) is 4.49. The van der Waals surface area contributed by atoms with Gasteiger partial charge in [-0.2, -0.15) is 0 Å². The Morgan fingerprint density at radius 3 is 2.35 bits per heavy atom. The summed E-state index contributed by atoms with van der Waals surface area (Å²) < 4.78 is 24.0. The monoisotopic (exact) mass is 274 g/mol. The number of rotatable bonds is 4. The second-order valence-electron chi connectivity index (χ2n) is 4.49. The number of aldehydes is 1. The summed E-state index contributed by atoms with van der Waals surface area (Å²) in [5.74, 6) is 0.358. The van der Waals surface area contributed by atoms with Crippen molar-refractivity contribution in [1.82, 2.24) is 0 Å². The van der Waals surface area contributed by atoms with Gasteiger partial charge in [0.05, 0.1) is 12.7 Å². The topological polar surface area (TPSA) is 35.5 Å². The van der Waals surface area contributed by atoms with Crippen LogP contribution in [0.3, 0.4) is 0 Å². The molecule has 0 aliphatic carbocycles. The van der Waals surface area contributed by atoms with Gasteiger partial charge in [0.15, 0.2) is 17.9 Å². The fourth-order valence-electron chi connectivity index (χ4n) is 1.83. The first-order valence-electron chi connectivity index (χ1n) is 6.13. The summed E-state index contributed by atoms with van der Waals surface area (Å²) in [7, 11) is 1.40. The lowest BCUT2D eigenvalue weighted by molar-refractivity contribution is 0.112. The van der Waals surface area contributed by atoms with Crippen LogP contribution in [0, 0.1) is 19.7 Å². The predicted octanol–water partition coefficient (Wildman–Crippen LogP) is 4.06. The maximum atomic E-state index is 13.6. The van der Waals surface area contributed by atoms with E-state index in [-0.39, 0.29) is 5.75 Å². The zero-order valence-electron chi connectivity index (χ0n) is 11.6. The maximum Gasteiger partial charge on any atom is 0.168 e. The summed E-state index contributed by atoms with van der Waals surface area (Å²) in [6.07, 6.45) is 0.724. The van der Waals surface area contributed by atoms with Crippen molar-refractivity contribution in [3.63, 3.8) is 0 Å². The number of carbonyl (C=O) groups is 1. The smallest absolute Gasteiger partial charge is 0.168 e. The van der Waals surface area contributed by atoms with Crippen LogP contribution >= 0.6 is 0 Å². The molecular weight excluding hydrogens is 259 g/mol. The number of methoxy groups -OCH3 is 1. The number of ether oxygens (including phenoxy) is 2. The highest BCUT2D eigenvalue weighted by Gasteiger charge is 2.09. The molecule has 0 saturated heterocycles. The Kier molecular flexibility index (Phi) is 4.03. The van der Waals surface area contributed by atoms with Gasteiger partial charge in [-0.1, -0.05) is 0 Å². The maximum absolute atomic E-state index is 13.6. The second kappa shape index (κ2) is 5.74. The quantitative estimate of drug-likeness (QED) is 0.789. The third-order valence-corrected chi connectivity index (χ3v) is 3.10. The van der Waals surface area contributed by atoms with Crippen LogP contribution < -0.4 is 9.47 Å². The van der Waals surface area contributed by atoms with Gasteiger partial charge in [-0.3, -0.25) is 4.79 Å². The highest BCUT2D eigenvalue weighted by Crippen LogP contribution is 2.30. The number of carbonyl (C=O) groups excluding carboxylic acids is 1. The van der Waals surface area contributed by atoms with Gasteiger partial charge >= 0.3 is 0 Å². The van der Waals surface area contributed by atoms with Crippen LogP contribution in [0.25, 0.3) is 0 Å². The van der Waals surface area contributed by atoms with E-state index in [2.05, 4.69) is 0 Å². The van der Waals surface area contributed by atoms with Crippen molar-refractivity contribution in [3.05, 3.63) is 52.8 Å². The van der Waals surface area contributed by atoms with Crippen LogP contribution in [0.15, 0.2) is 30.3 Å². The highest BCUT2D eigenvalue weighted by molar-refractivity contribution is 5.80. The summed E-state index contributed by atoms with van der Waals surface area (Å²) in [5, 5.41) is 0. The molecule has 0 spiro atoms. The summed E-state index contributed by atoms with van der Waals surface area (Å²) in [4.78, 5) is 11.1. The molecule has 20 heavy (non-hydrogen) atoms. The number of hydrogen-bond donors (Lipinski definition) is 0. The Bertz CT molecular complexity index is 650. The van der Waals surface area contributed by atoms with Crippen molar-refractivity contribution >= 4 is 6.29 Å². The molecule has 0 atom stereocenters. The fraction of sp³-hybridized carbons (Fsp3) is 0.188. The average molecular weight is 274 g/mol. The van der Waals surface area contributed by atoms with E-state index in [4.69, 9.17) is 9.47 Å². The van der Waals surface area contributed by atoms with E-state index in [0.29, 0.717) is 17.1 Å². The molecule has 0 amide bonds. The molecule has 0 saturated carbocycles. The standard InChI is InChI=1S/C16H15FO3/c1-10-6-12(9-18)16(7-11(10)2)20-13-4-5-15(19-3)14(17)8-13/h4-9H,1-3H3. The molecule has 2 aromatic rings. The Morgan fingerprint density at radius 2 is 1.75 bits per heavy atom. The lowest BCUT2D eigenvalue weighted by atomic mass is 10.1. The minimum Gasteiger partial charge on any atom is -0.494 e. The molecule has 0 N–H and O–H groups in total. The van der Waals surface area contributed by atoms with Crippen molar-refractivity contribution in [1.29, 1.82) is 0 Å². The number of benzene rings is 2. The zero-order chi connectivity index (χ0) is 14.7. The summed E-state index contributed by atoms with van der Waals surface area (Å²) in [6, 6.07) is 7.80. The molecule has 0 bridgehead atoms. The van der Waals surface area contributed by atoms with Gasteiger partial charge in [0.2, 0.25) is 0 Å². The van der Waals surface area contributed by atoms with Gasteiger partial charge in [0.25, 0.3) is 0 Å². The predicted molar refractivity (Wildman–Crippen MR) is 74.3 cm³/mol. The lowest BCUT2D eigenvalue weighted by Crippen LogP contribution is -1.95. The van der Waals surface area contributed by atoms with E-state index in [1.165, 1.54) is 19.2 Å². The third-order valence-electron chi connectivity index (χ3n) is 3.10. The molecule has 2 aromatic carbocycles. The molecule has 0 fully saturated rings. The molecule has 0 aliphatic rings. The first-order valence-corrected chi connectivity index (χ1v) is 6.13. The SMILES string of the molecule is COc1ccc(Oc2cc(C)c(C)cc2C=O)cc1F. The zero-order valence-corrected chi connectivity index (χ0v) is 11.6. The Hall–Kier alpha value is -2.36. The van der Waals surface area contributed by atoms with E-state index < -0.39 is 5.82 Å². The highest BCUT2D eigenvalue weighted by atomic mass is 19.1. The van der Waals surface area contributed by atoms with Crippen LogP contribution in [-0.4, -0.2) is 13.4 Å². The van der Waals surface area contributed by atoms with Crippen molar-refractivity contribution in [3.8, 4) is 17.2 Å². The molecule has 0 radical (unpaired) electrons. The first kappa shape index (κ1) is 14.1. The Labute approximate surface area is 117 Å².